The predicted octanol–water partition coefficient (Wildman–Crippen LogP) is 6.26. The van der Waals surface area contributed by atoms with E-state index in [-0.39, 0.29) is 11.3 Å². The molecular formula is C30H22N2O6S. The second-order valence-electron chi connectivity index (χ2n) is 8.82. The number of hydrogen-bond donors (Lipinski definition) is 1. The van der Waals surface area contributed by atoms with E-state index < -0.39 is 23.5 Å². The Morgan fingerprint density at radius 3 is 2.59 bits per heavy atom. The van der Waals surface area contributed by atoms with E-state index >= 15 is 0 Å². The minimum absolute atomic E-state index is 0.0161. The van der Waals surface area contributed by atoms with Crippen molar-refractivity contribution < 1.29 is 28.6 Å². The molecular weight excluding hydrogens is 516 g/mol. The highest BCUT2D eigenvalue weighted by atomic mass is 32.1. The van der Waals surface area contributed by atoms with E-state index in [1.54, 1.807) is 60.1 Å². The molecule has 1 aliphatic rings. The van der Waals surface area contributed by atoms with Crippen LogP contribution in [0.4, 0.5) is 5.13 Å². The quantitative estimate of drug-likeness (QED) is 0.233. The Hall–Kier alpha value is -4.89. The van der Waals surface area contributed by atoms with E-state index in [0.717, 1.165) is 5.56 Å². The second-order valence-corrected chi connectivity index (χ2v) is 9.69. The van der Waals surface area contributed by atoms with Crippen molar-refractivity contribution in [2.45, 2.75) is 12.6 Å². The van der Waals surface area contributed by atoms with Gasteiger partial charge in [0.2, 0.25) is 5.78 Å². The van der Waals surface area contributed by atoms with Crippen LogP contribution < -0.4 is 14.4 Å². The van der Waals surface area contributed by atoms with E-state index in [9.17, 15) is 14.7 Å². The number of amides is 1. The molecule has 0 bridgehead atoms. The van der Waals surface area contributed by atoms with Gasteiger partial charge in [-0.25, -0.2) is 4.98 Å². The number of Topliss-reactive ketones (excluding diaryl/α,β-unsaturated/α-hetero) is 1. The monoisotopic (exact) mass is 538 g/mol. The first kappa shape index (κ1) is 24.4. The van der Waals surface area contributed by atoms with Crippen LogP contribution in [-0.2, 0) is 11.4 Å². The summed E-state index contributed by atoms with van der Waals surface area (Å²) in [5.74, 6) is -0.879. The summed E-state index contributed by atoms with van der Waals surface area (Å²) in [6.07, 6.45) is 1.56. The Balaban J connectivity index is 1.37. The number of para-hydroxylation sites is 1. The lowest BCUT2D eigenvalue weighted by molar-refractivity contribution is -0.117. The van der Waals surface area contributed by atoms with Crippen LogP contribution in [0.15, 0.2) is 106 Å². The molecule has 1 aliphatic heterocycles. The highest BCUT2D eigenvalue weighted by Gasteiger charge is 2.46. The van der Waals surface area contributed by atoms with Gasteiger partial charge < -0.3 is 19.0 Å². The van der Waals surface area contributed by atoms with Gasteiger partial charge in [-0.3, -0.25) is 14.5 Å². The first-order valence-electron chi connectivity index (χ1n) is 12.1. The van der Waals surface area contributed by atoms with Crippen LogP contribution >= 0.6 is 11.3 Å². The summed E-state index contributed by atoms with van der Waals surface area (Å²) in [7, 11) is 1.51. The molecule has 0 fully saturated rings. The molecule has 0 aliphatic carbocycles. The number of furan rings is 1. The fourth-order valence-electron chi connectivity index (χ4n) is 4.61. The maximum atomic E-state index is 13.8. The average Bonchev–Trinajstić information content (AvgIpc) is 3.71. The number of carbonyl (C=O) groups is 2. The highest BCUT2D eigenvalue weighted by molar-refractivity contribution is 7.13. The zero-order chi connectivity index (χ0) is 26.9. The number of thiazole rings is 1. The van der Waals surface area contributed by atoms with Crippen LogP contribution in [0.5, 0.6) is 11.5 Å². The van der Waals surface area contributed by atoms with E-state index in [1.807, 2.05) is 30.3 Å². The van der Waals surface area contributed by atoms with Crippen LogP contribution in [0.3, 0.4) is 0 Å². The Morgan fingerprint density at radius 1 is 1.08 bits per heavy atom. The molecule has 1 amide bonds. The number of fused-ring (bicyclic) bond motifs is 1. The van der Waals surface area contributed by atoms with Gasteiger partial charge in [0.25, 0.3) is 5.91 Å². The summed E-state index contributed by atoms with van der Waals surface area (Å²) < 4.78 is 17.1. The smallest absolute Gasteiger partial charge is 0.296 e. The average molecular weight is 539 g/mol. The van der Waals surface area contributed by atoms with Gasteiger partial charge in [-0.15, -0.1) is 11.3 Å². The van der Waals surface area contributed by atoms with Gasteiger partial charge in [0, 0.05) is 17.0 Å². The second kappa shape index (κ2) is 10.1. The molecule has 2 aromatic heterocycles. The third-order valence-electron chi connectivity index (χ3n) is 6.47. The number of rotatable bonds is 8. The van der Waals surface area contributed by atoms with Crippen molar-refractivity contribution in [3.8, 4) is 11.5 Å². The highest BCUT2D eigenvalue weighted by Crippen LogP contribution is 2.43. The summed E-state index contributed by atoms with van der Waals surface area (Å²) in [5, 5.41) is 13.7. The molecule has 0 spiro atoms. The first-order chi connectivity index (χ1) is 19.0. The fourth-order valence-corrected chi connectivity index (χ4v) is 5.28. The standard InChI is InChI=1S/C30H22N2O6S/c1-36-22-9-5-8-20-16-23(38-28(20)22)26(33)24-25(32(29(35)27(24)34)30-31-14-15-39-30)19-10-12-21(13-11-19)37-17-18-6-3-2-4-7-18/h2-16,25,34H,17H2,1H3. The third-order valence-corrected chi connectivity index (χ3v) is 7.24. The molecule has 0 saturated heterocycles. The topological polar surface area (TPSA) is 102 Å². The Morgan fingerprint density at radius 2 is 1.87 bits per heavy atom. The zero-order valence-corrected chi connectivity index (χ0v) is 21.6. The molecule has 5 aromatic rings. The molecule has 0 saturated carbocycles. The summed E-state index contributed by atoms with van der Waals surface area (Å²) in [4.78, 5) is 32.7. The minimum atomic E-state index is -0.922. The van der Waals surface area contributed by atoms with Crippen molar-refractivity contribution >= 4 is 39.1 Å². The minimum Gasteiger partial charge on any atom is -0.503 e. The van der Waals surface area contributed by atoms with Crippen molar-refractivity contribution in [1.82, 2.24) is 4.98 Å². The number of ether oxygens (including phenoxy) is 2. The lowest BCUT2D eigenvalue weighted by Gasteiger charge is -2.24. The molecule has 8 nitrogen and oxygen atoms in total. The van der Waals surface area contributed by atoms with Crippen molar-refractivity contribution in [3.63, 3.8) is 0 Å². The number of aliphatic hydroxyl groups excluding tert-OH is 1. The molecule has 1 atom stereocenters. The summed E-state index contributed by atoms with van der Waals surface area (Å²) in [5.41, 5.74) is 1.94. The Bertz CT molecular complexity index is 1690. The van der Waals surface area contributed by atoms with Crippen molar-refractivity contribution in [3.05, 3.63) is 119 Å². The van der Waals surface area contributed by atoms with Crippen molar-refractivity contribution in [1.29, 1.82) is 0 Å². The fraction of sp³-hybridized carbons (Fsp3) is 0.100. The van der Waals surface area contributed by atoms with Gasteiger partial charge in [-0.1, -0.05) is 54.6 Å². The molecule has 3 heterocycles. The number of aromatic nitrogens is 1. The lowest BCUT2D eigenvalue weighted by atomic mass is 9.95. The number of anilines is 1. The maximum absolute atomic E-state index is 13.8. The third kappa shape index (κ3) is 4.42. The van der Waals surface area contributed by atoms with Gasteiger partial charge in [0.15, 0.2) is 28.0 Å². The number of aliphatic hydroxyl groups is 1. The van der Waals surface area contributed by atoms with E-state index in [1.165, 1.54) is 23.3 Å². The summed E-state index contributed by atoms with van der Waals surface area (Å²) in [6.45, 7) is 0.396. The number of benzene rings is 3. The van der Waals surface area contributed by atoms with Gasteiger partial charge in [-0.2, -0.15) is 0 Å². The van der Waals surface area contributed by atoms with Gasteiger partial charge in [-0.05, 0) is 35.4 Å². The van der Waals surface area contributed by atoms with Crippen molar-refractivity contribution in [2.24, 2.45) is 0 Å². The number of ketones is 1. The normalized spacial score (nSPS) is 15.3. The van der Waals surface area contributed by atoms with Gasteiger partial charge in [0.1, 0.15) is 12.4 Å². The molecule has 3 aromatic carbocycles. The van der Waals surface area contributed by atoms with E-state index in [4.69, 9.17) is 13.9 Å². The lowest BCUT2D eigenvalue weighted by Crippen LogP contribution is -2.30. The van der Waals surface area contributed by atoms with Crippen LogP contribution in [0.25, 0.3) is 11.0 Å². The van der Waals surface area contributed by atoms with Crippen molar-refractivity contribution in [2.75, 3.05) is 12.0 Å². The predicted molar refractivity (Wildman–Crippen MR) is 146 cm³/mol. The molecule has 1 unspecified atom stereocenters. The van der Waals surface area contributed by atoms with Crippen LogP contribution in [0.1, 0.15) is 27.7 Å². The van der Waals surface area contributed by atoms with Crippen LogP contribution in [0, 0.1) is 0 Å². The first-order valence-corrected chi connectivity index (χ1v) is 13.0. The Labute approximate surface area is 227 Å². The molecule has 9 heteroatoms. The molecule has 1 N–H and O–H groups in total. The molecule has 6 rings (SSSR count). The van der Waals surface area contributed by atoms with E-state index in [0.29, 0.717) is 39.8 Å². The SMILES string of the molecule is COc1cccc2cc(C(=O)C3=C(O)C(=O)N(c4nccs4)C3c3ccc(OCc4ccccc4)cc3)oc12. The van der Waals surface area contributed by atoms with Gasteiger partial charge in [0.05, 0.1) is 18.7 Å². The molecule has 194 valence electrons. The largest absolute Gasteiger partial charge is 0.503 e. The maximum Gasteiger partial charge on any atom is 0.296 e. The number of carbonyl (C=O) groups excluding carboxylic acids is 2. The van der Waals surface area contributed by atoms with E-state index in [2.05, 4.69) is 4.98 Å². The summed E-state index contributed by atoms with van der Waals surface area (Å²) >= 11 is 1.23. The number of methoxy groups -OCH3 is 1. The van der Waals surface area contributed by atoms with Crippen LogP contribution in [-0.4, -0.2) is 28.9 Å². The number of hydrogen-bond acceptors (Lipinski definition) is 8. The summed E-state index contributed by atoms with van der Waals surface area (Å²) in [6, 6.07) is 22.8. The van der Waals surface area contributed by atoms with Gasteiger partial charge >= 0.3 is 0 Å². The number of nitrogens with zero attached hydrogens (tertiary/aromatic N) is 2. The molecule has 39 heavy (non-hydrogen) atoms. The van der Waals surface area contributed by atoms with Crippen LogP contribution in [0.2, 0.25) is 0 Å². The molecule has 0 radical (unpaired) electrons. The zero-order valence-electron chi connectivity index (χ0n) is 20.7. The Kier molecular flexibility index (Phi) is 6.34.